The van der Waals surface area contributed by atoms with Gasteiger partial charge in [0.1, 0.15) is 11.3 Å². The lowest BCUT2D eigenvalue weighted by Crippen LogP contribution is -2.11. The van der Waals surface area contributed by atoms with E-state index in [1.807, 2.05) is 36.4 Å². The molecule has 5 rings (SSSR count). The molecule has 0 saturated carbocycles. The molecule has 0 aliphatic heterocycles. The first-order valence-corrected chi connectivity index (χ1v) is 11.3. The monoisotopic (exact) mass is 475 g/mol. The van der Waals surface area contributed by atoms with Crippen LogP contribution < -0.4 is 10.1 Å². The third-order valence-electron chi connectivity index (χ3n) is 5.16. The van der Waals surface area contributed by atoms with Gasteiger partial charge in [-0.05, 0) is 60.2 Å². The summed E-state index contributed by atoms with van der Waals surface area (Å²) >= 11 is 7.43. The molecular formula is C25H18ClN3O3S. The lowest BCUT2D eigenvalue weighted by Gasteiger charge is -2.03. The highest BCUT2D eigenvalue weighted by atomic mass is 35.5. The third kappa shape index (κ3) is 4.60. The van der Waals surface area contributed by atoms with Crippen LogP contribution in [0, 0.1) is 0 Å². The number of aromatic nitrogens is 2. The number of benzene rings is 3. The van der Waals surface area contributed by atoms with Crippen LogP contribution in [0.2, 0.25) is 5.02 Å². The van der Waals surface area contributed by atoms with Crippen LogP contribution in [0.5, 0.6) is 5.75 Å². The number of halogens is 1. The fourth-order valence-electron chi connectivity index (χ4n) is 3.45. The highest BCUT2D eigenvalue weighted by Gasteiger charge is 2.15. The van der Waals surface area contributed by atoms with Crippen molar-refractivity contribution in [1.82, 2.24) is 10.1 Å². The van der Waals surface area contributed by atoms with E-state index in [4.69, 9.17) is 20.9 Å². The van der Waals surface area contributed by atoms with E-state index in [1.54, 1.807) is 43.6 Å². The quantitative estimate of drug-likeness (QED) is 0.305. The molecule has 8 heteroatoms. The van der Waals surface area contributed by atoms with Crippen LogP contribution in [-0.2, 0) is 6.42 Å². The first-order valence-electron chi connectivity index (χ1n) is 10.1. The Hall–Kier alpha value is -3.68. The zero-order valence-corrected chi connectivity index (χ0v) is 19.1. The van der Waals surface area contributed by atoms with Crippen molar-refractivity contribution in [3.8, 4) is 17.1 Å². The van der Waals surface area contributed by atoms with E-state index >= 15 is 0 Å². The molecule has 0 atom stereocenters. The zero-order valence-electron chi connectivity index (χ0n) is 17.5. The summed E-state index contributed by atoms with van der Waals surface area (Å²) < 4.78 is 10.7. The molecule has 0 aliphatic carbocycles. The minimum Gasteiger partial charge on any atom is -0.497 e. The number of fused-ring (bicyclic) bond motifs is 1. The summed E-state index contributed by atoms with van der Waals surface area (Å²) in [5.41, 5.74) is 3.15. The van der Waals surface area contributed by atoms with Gasteiger partial charge in [-0.3, -0.25) is 10.1 Å². The third-order valence-corrected chi connectivity index (χ3v) is 6.32. The number of thiazole rings is 1. The SMILES string of the molecule is COc1ccc(Cc2cnc(NC(=O)c3ccc4noc(-c5ccc(Cl)cc5)c4c3)s2)cc1. The van der Waals surface area contributed by atoms with Crippen LogP contribution in [-0.4, -0.2) is 23.2 Å². The fourth-order valence-corrected chi connectivity index (χ4v) is 4.42. The molecule has 0 aliphatic rings. The first-order chi connectivity index (χ1) is 16.1. The Balaban J connectivity index is 1.33. The van der Waals surface area contributed by atoms with Crippen LogP contribution >= 0.6 is 22.9 Å². The molecule has 3 aromatic carbocycles. The van der Waals surface area contributed by atoms with Gasteiger partial charge in [-0.2, -0.15) is 0 Å². The topological polar surface area (TPSA) is 77.2 Å². The van der Waals surface area contributed by atoms with E-state index in [1.165, 1.54) is 11.3 Å². The van der Waals surface area contributed by atoms with Gasteiger partial charge in [-0.1, -0.05) is 28.9 Å². The molecule has 0 unspecified atom stereocenters. The van der Waals surface area contributed by atoms with E-state index < -0.39 is 0 Å². The number of anilines is 1. The normalized spacial score (nSPS) is 11.0. The van der Waals surface area contributed by atoms with Crippen LogP contribution in [0.15, 0.2) is 77.4 Å². The van der Waals surface area contributed by atoms with E-state index in [9.17, 15) is 4.79 Å². The van der Waals surface area contributed by atoms with Crippen LogP contribution in [0.1, 0.15) is 20.8 Å². The lowest BCUT2D eigenvalue weighted by molar-refractivity contribution is 0.102. The number of nitrogens with one attached hydrogen (secondary N) is 1. The van der Waals surface area contributed by atoms with Crippen molar-refractivity contribution in [2.24, 2.45) is 0 Å². The van der Waals surface area contributed by atoms with E-state index in [0.717, 1.165) is 33.6 Å². The minimum atomic E-state index is -0.245. The Bertz CT molecular complexity index is 1430. The second kappa shape index (κ2) is 9.05. The van der Waals surface area contributed by atoms with Crippen molar-refractivity contribution >= 4 is 44.9 Å². The number of amides is 1. The minimum absolute atomic E-state index is 0.245. The molecule has 0 saturated heterocycles. The smallest absolute Gasteiger partial charge is 0.257 e. The molecule has 6 nitrogen and oxygen atoms in total. The van der Waals surface area contributed by atoms with Gasteiger partial charge >= 0.3 is 0 Å². The van der Waals surface area contributed by atoms with E-state index in [2.05, 4.69) is 15.5 Å². The van der Waals surface area contributed by atoms with Crippen molar-refractivity contribution in [1.29, 1.82) is 0 Å². The number of methoxy groups -OCH3 is 1. The van der Waals surface area contributed by atoms with Gasteiger partial charge in [0, 0.05) is 33.6 Å². The molecular weight excluding hydrogens is 458 g/mol. The number of nitrogens with zero attached hydrogens (tertiary/aromatic N) is 2. The maximum atomic E-state index is 12.9. The van der Waals surface area contributed by atoms with Gasteiger partial charge in [0.15, 0.2) is 10.9 Å². The van der Waals surface area contributed by atoms with E-state index in [-0.39, 0.29) is 5.91 Å². The molecule has 1 N–H and O–H groups in total. The molecule has 164 valence electrons. The molecule has 2 heterocycles. The maximum absolute atomic E-state index is 12.9. The summed E-state index contributed by atoms with van der Waals surface area (Å²) in [6, 6.07) is 20.4. The lowest BCUT2D eigenvalue weighted by atomic mass is 10.1. The molecule has 5 aromatic rings. The predicted octanol–water partition coefficient (Wildman–Crippen LogP) is 6.46. The molecule has 0 fully saturated rings. The van der Waals surface area contributed by atoms with Crippen molar-refractivity contribution in [2.75, 3.05) is 12.4 Å². The average Bonchev–Trinajstić information content (AvgIpc) is 3.46. The number of hydrogen-bond donors (Lipinski definition) is 1. The summed E-state index contributed by atoms with van der Waals surface area (Å²) in [6.07, 6.45) is 2.51. The van der Waals surface area contributed by atoms with Crippen molar-refractivity contribution in [3.63, 3.8) is 0 Å². The Kier molecular flexibility index (Phi) is 5.81. The van der Waals surface area contributed by atoms with Gasteiger partial charge in [-0.15, -0.1) is 11.3 Å². The number of carbonyl (C=O) groups is 1. The first kappa shape index (κ1) is 21.2. The summed E-state index contributed by atoms with van der Waals surface area (Å²) in [4.78, 5) is 18.3. The molecule has 0 radical (unpaired) electrons. The Morgan fingerprint density at radius 1 is 1.09 bits per heavy atom. The number of hydrogen-bond acceptors (Lipinski definition) is 6. The van der Waals surface area contributed by atoms with Gasteiger partial charge in [0.05, 0.1) is 12.5 Å². The number of rotatable bonds is 6. The van der Waals surface area contributed by atoms with Crippen LogP contribution in [0.25, 0.3) is 22.2 Å². The summed E-state index contributed by atoms with van der Waals surface area (Å²) in [5, 5.41) is 8.92. The summed E-state index contributed by atoms with van der Waals surface area (Å²) in [5.74, 6) is 1.16. The van der Waals surface area contributed by atoms with Crippen molar-refractivity contribution < 1.29 is 14.1 Å². The highest BCUT2D eigenvalue weighted by Crippen LogP contribution is 2.30. The predicted molar refractivity (Wildman–Crippen MR) is 130 cm³/mol. The van der Waals surface area contributed by atoms with Gasteiger partial charge in [0.2, 0.25) is 0 Å². The van der Waals surface area contributed by atoms with Crippen LogP contribution in [0.3, 0.4) is 0 Å². The Morgan fingerprint density at radius 3 is 2.64 bits per heavy atom. The van der Waals surface area contributed by atoms with Crippen molar-refractivity contribution in [3.05, 3.63) is 94.0 Å². The second-order valence-corrected chi connectivity index (χ2v) is 8.91. The average molecular weight is 476 g/mol. The van der Waals surface area contributed by atoms with Gasteiger partial charge in [0.25, 0.3) is 5.91 Å². The highest BCUT2D eigenvalue weighted by molar-refractivity contribution is 7.15. The summed E-state index contributed by atoms with van der Waals surface area (Å²) in [7, 11) is 1.65. The standard InChI is InChI=1S/C25H18ClN3O3S/c1-31-19-9-2-15(3-10-19)12-20-14-27-25(33-20)28-24(30)17-6-11-22-21(13-17)23(32-29-22)16-4-7-18(26)8-5-16/h2-11,13-14H,12H2,1H3,(H,27,28,30). The zero-order chi connectivity index (χ0) is 22.8. The Morgan fingerprint density at radius 2 is 1.88 bits per heavy atom. The maximum Gasteiger partial charge on any atom is 0.257 e. The fraction of sp³-hybridized carbons (Fsp3) is 0.0800. The molecule has 1 amide bonds. The van der Waals surface area contributed by atoms with Gasteiger partial charge < -0.3 is 9.26 Å². The largest absolute Gasteiger partial charge is 0.497 e. The molecule has 33 heavy (non-hydrogen) atoms. The second-order valence-electron chi connectivity index (χ2n) is 7.36. The molecule has 0 bridgehead atoms. The molecule has 2 aromatic heterocycles. The summed E-state index contributed by atoms with van der Waals surface area (Å²) in [6.45, 7) is 0. The van der Waals surface area contributed by atoms with Crippen LogP contribution in [0.4, 0.5) is 5.13 Å². The van der Waals surface area contributed by atoms with E-state index in [0.29, 0.717) is 27.0 Å². The number of ether oxygens (including phenoxy) is 1. The van der Waals surface area contributed by atoms with Crippen molar-refractivity contribution in [2.45, 2.75) is 6.42 Å². The van der Waals surface area contributed by atoms with Gasteiger partial charge in [-0.25, -0.2) is 4.98 Å². The molecule has 0 spiro atoms. The number of carbonyl (C=O) groups excluding carboxylic acids is 1. The Labute approximate surface area is 198 Å².